The van der Waals surface area contributed by atoms with E-state index in [1.54, 1.807) is 23.9 Å². The summed E-state index contributed by atoms with van der Waals surface area (Å²) in [5.74, 6) is -0.220. The molecule has 0 aliphatic rings. The number of anilines is 1. The number of aromatic nitrogens is 1. The van der Waals surface area contributed by atoms with Gasteiger partial charge in [-0.1, -0.05) is 24.1 Å². The average molecular weight is 431 g/mol. The molecule has 3 N–H and O–H groups in total. The Hall–Kier alpha value is -1.93. The summed E-state index contributed by atoms with van der Waals surface area (Å²) in [4.78, 5) is 1.17. The summed E-state index contributed by atoms with van der Waals surface area (Å²) in [5.41, 5.74) is 10.8. The van der Waals surface area contributed by atoms with Gasteiger partial charge in [-0.2, -0.15) is 0 Å². The summed E-state index contributed by atoms with van der Waals surface area (Å²) in [6, 6.07) is 14.7. The van der Waals surface area contributed by atoms with Gasteiger partial charge in [0.1, 0.15) is 5.83 Å². The van der Waals surface area contributed by atoms with E-state index in [4.69, 9.17) is 5.73 Å². The molecule has 0 spiro atoms. The topological polar surface area (TPSA) is 46.2 Å². The van der Waals surface area contributed by atoms with Crippen molar-refractivity contribution in [2.24, 2.45) is 5.73 Å². The third kappa shape index (κ3) is 4.98. The molecule has 1 aromatic heterocycles. The number of halogens is 1. The molecule has 0 fully saturated rings. The molecule has 0 bridgehead atoms. The number of nitrogens with one attached hydrogen (secondary N) is 1. The summed E-state index contributed by atoms with van der Waals surface area (Å²) < 4.78 is 21.8. The normalized spacial score (nSPS) is 12.2. The fourth-order valence-corrected chi connectivity index (χ4v) is 4.60. The fourth-order valence-electron chi connectivity index (χ4n) is 3.49. The Morgan fingerprint density at radius 1 is 1.24 bits per heavy atom. The van der Waals surface area contributed by atoms with Gasteiger partial charge in [0, 0.05) is 45.5 Å². The van der Waals surface area contributed by atoms with Gasteiger partial charge in [-0.3, -0.25) is 4.31 Å². The molecule has 0 radical (unpaired) electrons. The minimum absolute atomic E-state index is 0.182. The molecule has 0 saturated heterocycles. The monoisotopic (exact) mass is 430 g/mol. The quantitative estimate of drug-likeness (QED) is 0.450. The van der Waals surface area contributed by atoms with Crippen LogP contribution in [0.25, 0.3) is 22.0 Å². The van der Waals surface area contributed by atoms with Crippen molar-refractivity contribution < 1.29 is 4.39 Å². The molecule has 0 unspecified atom stereocenters. The fraction of sp³-hybridized carbons (Fsp3) is 0.273. The molecular formula is C22H27FN4S2. The van der Waals surface area contributed by atoms with Crippen molar-refractivity contribution in [3.63, 3.8) is 0 Å². The van der Waals surface area contributed by atoms with Crippen molar-refractivity contribution >= 4 is 40.5 Å². The van der Waals surface area contributed by atoms with E-state index < -0.39 is 0 Å². The summed E-state index contributed by atoms with van der Waals surface area (Å²) in [5, 5.41) is 1.11. The number of nitrogens with zero attached hydrogens (tertiary/aromatic N) is 2. The van der Waals surface area contributed by atoms with Crippen LogP contribution >= 0.6 is 23.9 Å². The van der Waals surface area contributed by atoms with Crippen LogP contribution in [0.1, 0.15) is 5.69 Å². The van der Waals surface area contributed by atoms with Gasteiger partial charge in [0.15, 0.2) is 0 Å². The van der Waals surface area contributed by atoms with Crippen LogP contribution in [0.5, 0.6) is 0 Å². The standard InChI is InChI=1S/C22H27FN4S2/c1-15-22(16-6-5-7-19(12-16)29-26(2)3)20-13-18(25-28-4)8-9-21(20)27(15)14-17(23)10-11-24/h5-10,12-13,25H,11,14,24H2,1-4H3/b17-10-. The number of benzene rings is 2. The second-order valence-corrected chi connectivity index (χ2v) is 8.90. The lowest BCUT2D eigenvalue weighted by atomic mass is 10.0. The minimum atomic E-state index is -0.220. The van der Waals surface area contributed by atoms with Gasteiger partial charge in [0.2, 0.25) is 0 Å². The van der Waals surface area contributed by atoms with E-state index in [9.17, 15) is 4.39 Å². The molecule has 154 valence electrons. The number of nitrogens with two attached hydrogens (primary N) is 1. The zero-order valence-electron chi connectivity index (χ0n) is 17.2. The maximum atomic E-state index is 14.4. The lowest BCUT2D eigenvalue weighted by molar-refractivity contribution is 0.555. The molecule has 0 aliphatic carbocycles. The van der Waals surface area contributed by atoms with Gasteiger partial charge < -0.3 is 15.0 Å². The van der Waals surface area contributed by atoms with Crippen molar-refractivity contribution in [1.82, 2.24) is 8.87 Å². The number of hydrogen-bond acceptors (Lipinski definition) is 5. The number of hydrogen-bond donors (Lipinski definition) is 2. The van der Waals surface area contributed by atoms with Crippen LogP contribution in [0.2, 0.25) is 0 Å². The van der Waals surface area contributed by atoms with Gasteiger partial charge in [-0.25, -0.2) is 4.39 Å². The molecular weight excluding hydrogens is 403 g/mol. The van der Waals surface area contributed by atoms with E-state index in [0.717, 1.165) is 33.4 Å². The highest BCUT2D eigenvalue weighted by molar-refractivity contribution is 7.99. The first-order valence-corrected chi connectivity index (χ1v) is 11.4. The molecule has 0 aliphatic heterocycles. The predicted molar refractivity (Wildman–Crippen MR) is 127 cm³/mol. The Morgan fingerprint density at radius 3 is 2.72 bits per heavy atom. The van der Waals surface area contributed by atoms with Crippen molar-refractivity contribution in [1.29, 1.82) is 0 Å². The van der Waals surface area contributed by atoms with Gasteiger partial charge in [0.05, 0.1) is 6.54 Å². The summed E-state index contributed by atoms with van der Waals surface area (Å²) in [6.45, 7) is 2.43. The number of fused-ring (bicyclic) bond motifs is 1. The SMILES string of the molecule is CSNc1ccc2c(c1)c(-c1cccc(SN(C)C)c1)c(C)n2C/C(F)=C/CN. The summed E-state index contributed by atoms with van der Waals surface area (Å²) >= 11 is 3.24. The smallest absolute Gasteiger partial charge is 0.117 e. The molecule has 1 heterocycles. The summed E-state index contributed by atoms with van der Waals surface area (Å²) in [7, 11) is 4.06. The number of allylic oxidation sites excluding steroid dienone is 1. The highest BCUT2D eigenvalue weighted by atomic mass is 32.2. The lowest BCUT2D eigenvalue weighted by Crippen LogP contribution is -2.03. The summed E-state index contributed by atoms with van der Waals surface area (Å²) in [6.07, 6.45) is 3.43. The van der Waals surface area contributed by atoms with E-state index >= 15 is 0 Å². The molecule has 4 nitrogen and oxygen atoms in total. The molecule has 3 aromatic rings. The first-order chi connectivity index (χ1) is 13.9. The minimum Gasteiger partial charge on any atom is -0.337 e. The van der Waals surface area contributed by atoms with Crippen molar-refractivity contribution in [3.8, 4) is 11.1 Å². The van der Waals surface area contributed by atoms with Crippen LogP contribution in [0.15, 0.2) is 59.3 Å². The van der Waals surface area contributed by atoms with Gasteiger partial charge >= 0.3 is 0 Å². The second-order valence-electron chi connectivity index (χ2n) is 6.90. The molecule has 3 rings (SSSR count). The largest absolute Gasteiger partial charge is 0.337 e. The lowest BCUT2D eigenvalue weighted by Gasteiger charge is -2.11. The van der Waals surface area contributed by atoms with E-state index in [0.29, 0.717) is 0 Å². The Bertz CT molecular complexity index is 1030. The van der Waals surface area contributed by atoms with E-state index in [2.05, 4.69) is 52.3 Å². The Labute approximate surface area is 180 Å². The van der Waals surface area contributed by atoms with E-state index in [1.807, 2.05) is 31.0 Å². The van der Waals surface area contributed by atoms with Crippen molar-refractivity contribution in [2.75, 3.05) is 31.6 Å². The molecule has 29 heavy (non-hydrogen) atoms. The highest BCUT2D eigenvalue weighted by Crippen LogP contribution is 2.38. The zero-order valence-corrected chi connectivity index (χ0v) is 18.8. The molecule has 0 saturated carbocycles. The first-order valence-electron chi connectivity index (χ1n) is 9.36. The highest BCUT2D eigenvalue weighted by Gasteiger charge is 2.17. The van der Waals surface area contributed by atoms with Crippen LogP contribution in [0.4, 0.5) is 10.1 Å². The van der Waals surface area contributed by atoms with Gasteiger partial charge in [0.25, 0.3) is 0 Å². The molecule has 7 heteroatoms. The molecule has 2 aromatic carbocycles. The third-order valence-electron chi connectivity index (χ3n) is 4.60. The Morgan fingerprint density at radius 2 is 2.03 bits per heavy atom. The zero-order chi connectivity index (χ0) is 21.0. The Kier molecular flexibility index (Phi) is 7.29. The molecule has 0 amide bonds. The average Bonchev–Trinajstić information content (AvgIpc) is 2.93. The Balaban J connectivity index is 2.20. The van der Waals surface area contributed by atoms with Crippen LogP contribution in [0, 0.1) is 6.92 Å². The first kappa shape index (κ1) is 21.8. The van der Waals surface area contributed by atoms with Crippen LogP contribution in [-0.4, -0.2) is 35.8 Å². The van der Waals surface area contributed by atoms with Crippen LogP contribution < -0.4 is 10.5 Å². The molecule has 0 atom stereocenters. The van der Waals surface area contributed by atoms with Crippen LogP contribution in [-0.2, 0) is 6.54 Å². The second kappa shape index (κ2) is 9.71. The van der Waals surface area contributed by atoms with Crippen molar-refractivity contribution in [3.05, 3.63) is 60.1 Å². The maximum absolute atomic E-state index is 14.4. The van der Waals surface area contributed by atoms with Crippen LogP contribution in [0.3, 0.4) is 0 Å². The van der Waals surface area contributed by atoms with E-state index in [-0.39, 0.29) is 18.9 Å². The van der Waals surface area contributed by atoms with Crippen molar-refractivity contribution in [2.45, 2.75) is 18.4 Å². The van der Waals surface area contributed by atoms with E-state index in [1.165, 1.54) is 11.0 Å². The van der Waals surface area contributed by atoms with Gasteiger partial charge in [-0.05, 0) is 74.9 Å². The predicted octanol–water partition coefficient (Wildman–Crippen LogP) is 5.69. The number of rotatable bonds is 8. The maximum Gasteiger partial charge on any atom is 0.117 e. The third-order valence-corrected chi connectivity index (χ3v) is 5.87. The van der Waals surface area contributed by atoms with Gasteiger partial charge in [-0.15, -0.1) is 0 Å².